The fraction of sp³-hybridized carbons (Fsp3) is 0.263. The summed E-state index contributed by atoms with van der Waals surface area (Å²) in [4.78, 5) is 20.2. The lowest BCUT2D eigenvalue weighted by molar-refractivity contribution is -0.150. The van der Waals surface area contributed by atoms with Crippen LogP contribution in [0.5, 0.6) is 5.75 Å². The maximum Gasteiger partial charge on any atom is 0.306 e. The van der Waals surface area contributed by atoms with E-state index in [1.807, 2.05) is 36.4 Å². The van der Waals surface area contributed by atoms with Gasteiger partial charge in [0.15, 0.2) is 6.10 Å². The quantitative estimate of drug-likeness (QED) is 0.452. The lowest BCUT2D eigenvalue weighted by atomic mass is 10.3. The molecule has 2 aromatic heterocycles. The summed E-state index contributed by atoms with van der Waals surface area (Å²) in [7, 11) is 0. The Morgan fingerprint density at radius 2 is 2.04 bits per heavy atom. The highest BCUT2D eigenvalue weighted by molar-refractivity contribution is 5.69. The van der Waals surface area contributed by atoms with Gasteiger partial charge in [-0.2, -0.15) is 4.98 Å². The van der Waals surface area contributed by atoms with Crippen molar-refractivity contribution in [3.8, 4) is 17.1 Å². The highest BCUT2D eigenvalue weighted by Gasteiger charge is 2.19. The molecule has 0 saturated carbocycles. The van der Waals surface area contributed by atoms with E-state index in [9.17, 15) is 4.79 Å². The van der Waals surface area contributed by atoms with Gasteiger partial charge in [-0.05, 0) is 37.6 Å². The molecule has 0 radical (unpaired) electrons. The summed E-state index contributed by atoms with van der Waals surface area (Å²) in [6.07, 6.45) is 3.50. The molecule has 0 fully saturated rings. The van der Waals surface area contributed by atoms with E-state index in [0.29, 0.717) is 18.9 Å². The van der Waals surface area contributed by atoms with E-state index in [1.54, 1.807) is 25.4 Å². The van der Waals surface area contributed by atoms with Gasteiger partial charge in [-0.25, -0.2) is 0 Å². The first-order valence-corrected chi connectivity index (χ1v) is 8.33. The van der Waals surface area contributed by atoms with Crippen LogP contribution in [0, 0.1) is 0 Å². The third-order valence-corrected chi connectivity index (χ3v) is 3.55. The lowest BCUT2D eigenvalue weighted by Crippen LogP contribution is -2.10. The van der Waals surface area contributed by atoms with Crippen LogP contribution in [0.4, 0.5) is 0 Å². The van der Waals surface area contributed by atoms with Crippen LogP contribution in [0.1, 0.15) is 31.8 Å². The molecule has 0 amide bonds. The molecule has 1 atom stereocenters. The Balaban J connectivity index is 1.43. The van der Waals surface area contributed by atoms with Crippen LogP contribution < -0.4 is 4.74 Å². The van der Waals surface area contributed by atoms with E-state index in [-0.39, 0.29) is 18.3 Å². The third kappa shape index (κ3) is 4.89. The Kier molecular flexibility index (Phi) is 5.92. The van der Waals surface area contributed by atoms with Crippen LogP contribution in [0.15, 0.2) is 59.4 Å². The van der Waals surface area contributed by atoms with Gasteiger partial charge in [0.25, 0.3) is 5.89 Å². The average molecular weight is 353 g/mol. The Hall–Kier alpha value is -3.22. The highest BCUT2D eigenvalue weighted by atomic mass is 16.6. The second kappa shape index (κ2) is 8.75. The van der Waals surface area contributed by atoms with Gasteiger partial charge in [0, 0.05) is 24.4 Å². The van der Waals surface area contributed by atoms with Crippen LogP contribution in [0.2, 0.25) is 0 Å². The maximum atomic E-state index is 11.9. The van der Waals surface area contributed by atoms with Crippen molar-refractivity contribution in [3.05, 3.63) is 60.7 Å². The summed E-state index contributed by atoms with van der Waals surface area (Å²) in [5.41, 5.74) is 0.735. The zero-order chi connectivity index (χ0) is 18.2. The van der Waals surface area contributed by atoms with Crippen molar-refractivity contribution in [2.24, 2.45) is 0 Å². The normalized spacial score (nSPS) is 11.7. The van der Waals surface area contributed by atoms with Gasteiger partial charge in [-0.1, -0.05) is 23.4 Å². The van der Waals surface area contributed by atoms with Gasteiger partial charge >= 0.3 is 5.97 Å². The first-order valence-electron chi connectivity index (χ1n) is 8.33. The molecular formula is C19H19N3O4. The van der Waals surface area contributed by atoms with Gasteiger partial charge in [-0.3, -0.25) is 9.78 Å². The van der Waals surface area contributed by atoms with Crippen molar-refractivity contribution in [1.29, 1.82) is 0 Å². The molecule has 0 aliphatic heterocycles. The molecule has 7 heteroatoms. The van der Waals surface area contributed by atoms with Crippen molar-refractivity contribution in [3.63, 3.8) is 0 Å². The molecule has 3 rings (SSSR count). The maximum absolute atomic E-state index is 11.9. The van der Waals surface area contributed by atoms with Crippen molar-refractivity contribution in [1.82, 2.24) is 15.1 Å². The molecule has 1 aromatic carbocycles. The number of hydrogen-bond donors (Lipinski definition) is 0. The predicted octanol–water partition coefficient (Wildman–Crippen LogP) is 3.60. The molecule has 0 spiro atoms. The molecule has 7 nitrogen and oxygen atoms in total. The molecule has 0 saturated heterocycles. The summed E-state index contributed by atoms with van der Waals surface area (Å²) < 4.78 is 16.0. The molecule has 3 aromatic rings. The second-order valence-electron chi connectivity index (χ2n) is 5.60. The van der Waals surface area contributed by atoms with Gasteiger partial charge < -0.3 is 14.0 Å². The van der Waals surface area contributed by atoms with Crippen LogP contribution in [-0.4, -0.2) is 27.7 Å². The number of rotatable bonds is 8. The number of ether oxygens (including phenoxy) is 2. The molecule has 0 aliphatic carbocycles. The largest absolute Gasteiger partial charge is 0.494 e. The fourth-order valence-electron chi connectivity index (χ4n) is 2.24. The third-order valence-electron chi connectivity index (χ3n) is 3.55. The molecular weight excluding hydrogens is 334 g/mol. The zero-order valence-electron chi connectivity index (χ0n) is 14.4. The predicted molar refractivity (Wildman–Crippen MR) is 93.2 cm³/mol. The Bertz CT molecular complexity index is 821. The Labute approximate surface area is 151 Å². The molecule has 2 heterocycles. The second-order valence-corrected chi connectivity index (χ2v) is 5.60. The number of hydrogen-bond acceptors (Lipinski definition) is 7. The minimum atomic E-state index is -0.615. The first kappa shape index (κ1) is 17.6. The number of nitrogens with zero attached hydrogens (tertiary/aromatic N) is 3. The van der Waals surface area contributed by atoms with E-state index in [1.165, 1.54) is 0 Å². The Morgan fingerprint density at radius 1 is 1.19 bits per heavy atom. The van der Waals surface area contributed by atoms with Gasteiger partial charge in [0.2, 0.25) is 5.82 Å². The smallest absolute Gasteiger partial charge is 0.306 e. The first-order chi connectivity index (χ1) is 12.7. The van der Waals surface area contributed by atoms with Gasteiger partial charge in [0.1, 0.15) is 5.75 Å². The summed E-state index contributed by atoms with van der Waals surface area (Å²) in [6.45, 7) is 2.14. The molecule has 26 heavy (non-hydrogen) atoms. The summed E-state index contributed by atoms with van der Waals surface area (Å²) in [5.74, 6) is 1.10. The van der Waals surface area contributed by atoms with Crippen LogP contribution in [0.25, 0.3) is 11.4 Å². The Morgan fingerprint density at radius 3 is 2.81 bits per heavy atom. The summed E-state index contributed by atoms with van der Waals surface area (Å²) in [5, 5.41) is 3.89. The number of esters is 1. The number of aromatic nitrogens is 3. The number of para-hydroxylation sites is 1. The van der Waals surface area contributed by atoms with Crippen molar-refractivity contribution < 1.29 is 18.8 Å². The summed E-state index contributed by atoms with van der Waals surface area (Å²) >= 11 is 0. The van der Waals surface area contributed by atoms with E-state index >= 15 is 0 Å². The SMILES string of the molecule is CC(OC(=O)CCCOc1ccccc1)c1nc(-c2cccnc2)no1. The van der Waals surface area contributed by atoms with E-state index in [0.717, 1.165) is 11.3 Å². The van der Waals surface area contributed by atoms with E-state index < -0.39 is 6.10 Å². The van der Waals surface area contributed by atoms with Crippen LogP contribution >= 0.6 is 0 Å². The van der Waals surface area contributed by atoms with Crippen LogP contribution in [0.3, 0.4) is 0 Å². The van der Waals surface area contributed by atoms with Crippen molar-refractivity contribution in [2.75, 3.05) is 6.61 Å². The highest BCUT2D eigenvalue weighted by Crippen LogP contribution is 2.20. The van der Waals surface area contributed by atoms with E-state index in [2.05, 4.69) is 15.1 Å². The molecule has 134 valence electrons. The van der Waals surface area contributed by atoms with Crippen molar-refractivity contribution >= 4 is 5.97 Å². The van der Waals surface area contributed by atoms with E-state index in [4.69, 9.17) is 14.0 Å². The van der Waals surface area contributed by atoms with Gasteiger partial charge in [0.05, 0.1) is 6.61 Å². The number of carbonyl (C=O) groups excluding carboxylic acids is 1. The fourth-order valence-corrected chi connectivity index (χ4v) is 2.24. The number of carbonyl (C=O) groups is 1. The van der Waals surface area contributed by atoms with Crippen LogP contribution in [-0.2, 0) is 9.53 Å². The molecule has 0 bridgehead atoms. The zero-order valence-corrected chi connectivity index (χ0v) is 14.4. The molecule has 1 unspecified atom stereocenters. The summed E-state index contributed by atoms with van der Waals surface area (Å²) in [6, 6.07) is 13.1. The molecule has 0 aliphatic rings. The molecule has 0 N–H and O–H groups in total. The minimum absolute atomic E-state index is 0.248. The average Bonchev–Trinajstić information content (AvgIpc) is 3.17. The topological polar surface area (TPSA) is 87.3 Å². The standard InChI is InChI=1S/C19H19N3O4/c1-14(19-21-18(22-26-19)15-7-5-11-20-13-15)25-17(23)10-6-12-24-16-8-3-2-4-9-16/h2-5,7-9,11,13-14H,6,10,12H2,1H3. The number of benzene rings is 1. The minimum Gasteiger partial charge on any atom is -0.494 e. The van der Waals surface area contributed by atoms with Crippen molar-refractivity contribution in [2.45, 2.75) is 25.9 Å². The number of pyridine rings is 1. The monoisotopic (exact) mass is 353 g/mol. The lowest BCUT2D eigenvalue weighted by Gasteiger charge is -2.09. The van der Waals surface area contributed by atoms with Gasteiger partial charge in [-0.15, -0.1) is 0 Å².